The lowest BCUT2D eigenvalue weighted by molar-refractivity contribution is -0.138. The van der Waals surface area contributed by atoms with Crippen LogP contribution in [-0.2, 0) is 4.79 Å². The highest BCUT2D eigenvalue weighted by atomic mass is 32.2. The molecule has 0 aliphatic carbocycles. The van der Waals surface area contributed by atoms with Crippen LogP contribution < -0.4 is 0 Å². The second-order valence-electron chi connectivity index (χ2n) is 2.95. The SMILES string of the molecule is CSC(=N[C@H](C(=O)O)c1ccccc1)SC. The minimum Gasteiger partial charge on any atom is -0.479 e. The fraction of sp³-hybridized carbons (Fsp3) is 0.273. The van der Waals surface area contributed by atoms with Gasteiger partial charge in [-0.15, -0.1) is 23.5 Å². The number of carboxylic acid groups (broad SMARTS) is 1. The van der Waals surface area contributed by atoms with Gasteiger partial charge in [-0.3, -0.25) is 4.99 Å². The minimum absolute atomic E-state index is 0.704. The number of carboxylic acids is 1. The Morgan fingerprint density at radius 3 is 2.25 bits per heavy atom. The quantitative estimate of drug-likeness (QED) is 0.666. The van der Waals surface area contributed by atoms with Gasteiger partial charge >= 0.3 is 5.97 Å². The predicted octanol–water partition coefficient (Wildman–Crippen LogP) is 2.89. The van der Waals surface area contributed by atoms with E-state index in [1.807, 2.05) is 30.7 Å². The molecule has 1 atom stereocenters. The standard InChI is InChI=1S/C11H13NO2S2/c1-15-11(16-2)12-9(10(13)14)8-6-4-3-5-7-8/h3-7,9H,1-2H3,(H,13,14)/t9-/m0/s1. The molecule has 86 valence electrons. The molecular formula is C11H13NO2S2. The first-order valence-electron chi connectivity index (χ1n) is 4.62. The van der Waals surface area contributed by atoms with Crippen molar-refractivity contribution >= 4 is 33.9 Å². The maximum absolute atomic E-state index is 11.1. The molecule has 0 saturated carbocycles. The maximum Gasteiger partial charge on any atom is 0.333 e. The highest BCUT2D eigenvalue weighted by molar-refractivity contribution is 8.38. The summed E-state index contributed by atoms with van der Waals surface area (Å²) in [5.41, 5.74) is 0.704. The Balaban J connectivity index is 3.01. The number of thioether (sulfide) groups is 2. The zero-order chi connectivity index (χ0) is 12.0. The average Bonchev–Trinajstić information content (AvgIpc) is 2.31. The molecule has 0 spiro atoms. The van der Waals surface area contributed by atoms with Crippen molar-refractivity contribution in [2.24, 2.45) is 4.99 Å². The maximum atomic E-state index is 11.1. The van der Waals surface area contributed by atoms with Gasteiger partial charge in [0, 0.05) is 0 Å². The average molecular weight is 255 g/mol. The number of carbonyl (C=O) groups is 1. The van der Waals surface area contributed by atoms with Gasteiger partial charge in [-0.05, 0) is 18.1 Å². The van der Waals surface area contributed by atoms with Crippen molar-refractivity contribution in [3.05, 3.63) is 35.9 Å². The summed E-state index contributed by atoms with van der Waals surface area (Å²) in [5.74, 6) is -0.924. The summed E-state index contributed by atoms with van der Waals surface area (Å²) in [7, 11) is 0. The Morgan fingerprint density at radius 1 is 1.25 bits per heavy atom. The van der Waals surface area contributed by atoms with Gasteiger partial charge in [0.2, 0.25) is 0 Å². The topological polar surface area (TPSA) is 49.7 Å². The molecule has 0 radical (unpaired) electrons. The molecular weight excluding hydrogens is 242 g/mol. The summed E-state index contributed by atoms with van der Waals surface area (Å²) in [5, 5.41) is 9.14. The molecule has 1 rings (SSSR count). The van der Waals surface area contributed by atoms with Crippen molar-refractivity contribution in [1.82, 2.24) is 0 Å². The van der Waals surface area contributed by atoms with Crippen LogP contribution in [0.15, 0.2) is 35.3 Å². The van der Waals surface area contributed by atoms with Crippen LogP contribution in [0.1, 0.15) is 11.6 Å². The largest absolute Gasteiger partial charge is 0.479 e. The molecule has 0 unspecified atom stereocenters. The number of hydrogen-bond donors (Lipinski definition) is 1. The second kappa shape index (κ2) is 6.60. The first kappa shape index (κ1) is 13.1. The van der Waals surface area contributed by atoms with Crippen LogP contribution >= 0.6 is 23.5 Å². The zero-order valence-electron chi connectivity index (χ0n) is 9.08. The molecule has 0 heterocycles. The fourth-order valence-corrected chi connectivity index (χ4v) is 2.29. The predicted molar refractivity (Wildman–Crippen MR) is 71.3 cm³/mol. The summed E-state index contributed by atoms with van der Waals surface area (Å²) in [6.07, 6.45) is 3.78. The van der Waals surface area contributed by atoms with E-state index in [2.05, 4.69) is 4.99 Å². The van der Waals surface area contributed by atoms with Crippen LogP contribution in [-0.4, -0.2) is 28.0 Å². The van der Waals surface area contributed by atoms with Crippen LogP contribution in [0, 0.1) is 0 Å². The first-order chi connectivity index (χ1) is 7.69. The summed E-state index contributed by atoms with van der Waals surface area (Å²) >= 11 is 2.92. The van der Waals surface area contributed by atoms with E-state index in [0.717, 1.165) is 4.38 Å². The van der Waals surface area contributed by atoms with Crippen LogP contribution in [0.4, 0.5) is 0 Å². The molecule has 1 aromatic carbocycles. The van der Waals surface area contributed by atoms with E-state index in [1.54, 1.807) is 12.1 Å². The first-order valence-corrected chi connectivity index (χ1v) is 7.07. The number of rotatable bonds is 3. The molecule has 3 nitrogen and oxygen atoms in total. The zero-order valence-corrected chi connectivity index (χ0v) is 10.7. The Morgan fingerprint density at radius 2 is 1.81 bits per heavy atom. The van der Waals surface area contributed by atoms with Crippen molar-refractivity contribution in [2.45, 2.75) is 6.04 Å². The lowest BCUT2D eigenvalue weighted by atomic mass is 10.1. The summed E-state index contributed by atoms with van der Waals surface area (Å²) < 4.78 is 0.774. The smallest absolute Gasteiger partial charge is 0.333 e. The summed E-state index contributed by atoms with van der Waals surface area (Å²) in [4.78, 5) is 15.4. The minimum atomic E-state index is -0.924. The molecule has 0 saturated heterocycles. The second-order valence-corrected chi connectivity index (χ2v) is 4.80. The van der Waals surface area contributed by atoms with Crippen molar-refractivity contribution in [2.75, 3.05) is 12.5 Å². The molecule has 0 aromatic heterocycles. The van der Waals surface area contributed by atoms with Crippen LogP contribution in [0.2, 0.25) is 0 Å². The molecule has 0 aliphatic rings. The van der Waals surface area contributed by atoms with Crippen molar-refractivity contribution in [3.63, 3.8) is 0 Å². The van der Waals surface area contributed by atoms with Crippen LogP contribution in [0.5, 0.6) is 0 Å². The third kappa shape index (κ3) is 3.57. The molecule has 0 bridgehead atoms. The Bertz CT molecular complexity index is 373. The molecule has 0 fully saturated rings. The van der Waals surface area contributed by atoms with Gasteiger partial charge in [0.1, 0.15) is 4.38 Å². The Labute approximate surface area is 103 Å². The van der Waals surface area contributed by atoms with E-state index in [9.17, 15) is 4.79 Å². The third-order valence-corrected chi connectivity index (χ3v) is 3.84. The van der Waals surface area contributed by atoms with Gasteiger partial charge in [-0.2, -0.15) is 0 Å². The highest BCUT2D eigenvalue weighted by Crippen LogP contribution is 2.22. The van der Waals surface area contributed by atoms with E-state index in [4.69, 9.17) is 5.11 Å². The van der Waals surface area contributed by atoms with Gasteiger partial charge in [-0.25, -0.2) is 4.79 Å². The monoisotopic (exact) mass is 255 g/mol. The molecule has 1 aromatic rings. The molecule has 5 heteroatoms. The fourth-order valence-electron chi connectivity index (χ4n) is 1.20. The van der Waals surface area contributed by atoms with Crippen molar-refractivity contribution in [3.8, 4) is 0 Å². The van der Waals surface area contributed by atoms with E-state index in [-0.39, 0.29) is 0 Å². The van der Waals surface area contributed by atoms with E-state index in [1.165, 1.54) is 23.5 Å². The number of aliphatic carboxylic acids is 1. The van der Waals surface area contributed by atoms with E-state index >= 15 is 0 Å². The molecule has 0 aliphatic heterocycles. The van der Waals surface area contributed by atoms with Gasteiger partial charge in [0.15, 0.2) is 6.04 Å². The number of nitrogens with zero attached hydrogens (tertiary/aromatic N) is 1. The lowest BCUT2D eigenvalue weighted by Crippen LogP contribution is -2.10. The normalized spacial score (nSPS) is 11.9. The number of benzene rings is 1. The van der Waals surface area contributed by atoms with E-state index in [0.29, 0.717) is 5.56 Å². The Hall–Kier alpha value is -0.940. The van der Waals surface area contributed by atoms with Crippen LogP contribution in [0.25, 0.3) is 0 Å². The van der Waals surface area contributed by atoms with Gasteiger partial charge in [-0.1, -0.05) is 30.3 Å². The third-order valence-electron chi connectivity index (χ3n) is 1.93. The molecule has 16 heavy (non-hydrogen) atoms. The Kier molecular flexibility index (Phi) is 5.42. The lowest BCUT2D eigenvalue weighted by Gasteiger charge is -2.09. The number of aliphatic imine (C=N–C) groups is 1. The van der Waals surface area contributed by atoms with Gasteiger partial charge < -0.3 is 5.11 Å². The number of hydrogen-bond acceptors (Lipinski definition) is 4. The van der Waals surface area contributed by atoms with Crippen LogP contribution in [0.3, 0.4) is 0 Å². The summed E-state index contributed by atoms with van der Waals surface area (Å²) in [6.45, 7) is 0. The van der Waals surface area contributed by atoms with Gasteiger partial charge in [0.05, 0.1) is 0 Å². The highest BCUT2D eigenvalue weighted by Gasteiger charge is 2.18. The van der Waals surface area contributed by atoms with Crippen molar-refractivity contribution < 1.29 is 9.90 Å². The van der Waals surface area contributed by atoms with Crippen molar-refractivity contribution in [1.29, 1.82) is 0 Å². The van der Waals surface area contributed by atoms with Gasteiger partial charge in [0.25, 0.3) is 0 Å². The molecule has 1 N–H and O–H groups in total. The summed E-state index contributed by atoms with van der Waals surface area (Å²) in [6, 6.07) is 8.24. The molecule has 0 amide bonds. The van der Waals surface area contributed by atoms with E-state index < -0.39 is 12.0 Å².